The molecule has 4 N–H and O–H groups in total. The maximum Gasteiger partial charge on any atom is 0.267 e. The number of carbonyl (C=O) groups excluding carboxylic acids is 1. The lowest BCUT2D eigenvalue weighted by atomic mass is 9.98. The fourth-order valence-electron chi connectivity index (χ4n) is 2.74. The Morgan fingerprint density at radius 2 is 1.86 bits per heavy atom. The third kappa shape index (κ3) is 5.91. The van der Waals surface area contributed by atoms with E-state index in [-0.39, 0.29) is 16.4 Å². The van der Waals surface area contributed by atoms with Crippen LogP contribution in [0.2, 0.25) is 0 Å². The average Bonchev–Trinajstić information content (AvgIpc) is 2.66. The second-order valence-corrected chi connectivity index (χ2v) is 8.45. The van der Waals surface area contributed by atoms with Gasteiger partial charge in [-0.25, -0.2) is 13.6 Å². The Morgan fingerprint density at radius 3 is 2.41 bits per heavy atom. The van der Waals surface area contributed by atoms with Gasteiger partial charge in [-0.2, -0.15) is 5.26 Å². The lowest BCUT2D eigenvalue weighted by Gasteiger charge is -2.16. The molecule has 0 unspecified atom stereocenters. The van der Waals surface area contributed by atoms with Gasteiger partial charge in [0.25, 0.3) is 5.91 Å². The SMILES string of the molecule is Cc1cccc(C(C)C)c1NC(=O)/C(C#N)=C\NCc1ccc(S(N)(=O)=O)cc1. The topological polar surface area (TPSA) is 125 Å². The van der Waals surface area contributed by atoms with Crippen LogP contribution in [0.1, 0.15) is 36.5 Å². The second kappa shape index (κ2) is 9.37. The highest BCUT2D eigenvalue weighted by atomic mass is 32.2. The minimum atomic E-state index is -3.74. The van der Waals surface area contributed by atoms with Gasteiger partial charge in [0, 0.05) is 18.4 Å². The number of nitriles is 1. The zero-order valence-corrected chi connectivity index (χ0v) is 17.4. The molecule has 0 aliphatic carbocycles. The van der Waals surface area contributed by atoms with Crippen LogP contribution < -0.4 is 15.8 Å². The van der Waals surface area contributed by atoms with Crippen molar-refractivity contribution in [1.82, 2.24) is 5.32 Å². The summed E-state index contributed by atoms with van der Waals surface area (Å²) in [5.41, 5.74) is 3.34. The summed E-state index contributed by atoms with van der Waals surface area (Å²) in [6, 6.07) is 13.7. The van der Waals surface area contributed by atoms with Gasteiger partial charge in [-0.3, -0.25) is 4.79 Å². The Bertz CT molecular complexity index is 1070. The van der Waals surface area contributed by atoms with Crippen molar-refractivity contribution in [3.8, 4) is 6.07 Å². The summed E-state index contributed by atoms with van der Waals surface area (Å²) in [5.74, 6) is -0.279. The summed E-state index contributed by atoms with van der Waals surface area (Å²) >= 11 is 0. The van der Waals surface area contributed by atoms with Gasteiger partial charge in [0.15, 0.2) is 0 Å². The number of nitrogens with one attached hydrogen (secondary N) is 2. The monoisotopic (exact) mass is 412 g/mol. The first-order valence-corrected chi connectivity index (χ1v) is 10.5. The first kappa shape index (κ1) is 22.1. The third-order valence-electron chi connectivity index (χ3n) is 4.34. The molecule has 7 nitrogen and oxygen atoms in total. The largest absolute Gasteiger partial charge is 0.386 e. The van der Waals surface area contributed by atoms with Crippen molar-refractivity contribution in [1.29, 1.82) is 5.26 Å². The Labute approximate surface area is 171 Å². The van der Waals surface area contributed by atoms with Crippen LogP contribution >= 0.6 is 0 Å². The molecule has 0 aromatic heterocycles. The van der Waals surface area contributed by atoms with Crippen LogP contribution in [0.25, 0.3) is 0 Å². The van der Waals surface area contributed by atoms with Crippen molar-refractivity contribution in [2.24, 2.45) is 5.14 Å². The van der Waals surface area contributed by atoms with E-state index in [1.807, 2.05) is 45.0 Å². The zero-order valence-electron chi connectivity index (χ0n) is 16.6. The van der Waals surface area contributed by atoms with E-state index >= 15 is 0 Å². The molecule has 2 rings (SSSR count). The highest BCUT2D eigenvalue weighted by Gasteiger charge is 2.15. The van der Waals surface area contributed by atoms with Crippen molar-refractivity contribution in [2.75, 3.05) is 5.32 Å². The number of anilines is 1. The fourth-order valence-corrected chi connectivity index (χ4v) is 3.26. The second-order valence-electron chi connectivity index (χ2n) is 6.89. The molecular weight excluding hydrogens is 388 g/mol. The number of para-hydroxylation sites is 1. The van der Waals surface area contributed by atoms with E-state index in [2.05, 4.69) is 10.6 Å². The van der Waals surface area contributed by atoms with E-state index in [0.717, 1.165) is 16.7 Å². The maximum atomic E-state index is 12.5. The Balaban J connectivity index is 2.09. The minimum Gasteiger partial charge on any atom is -0.386 e. The van der Waals surface area contributed by atoms with E-state index in [1.54, 1.807) is 12.1 Å². The normalized spacial score (nSPS) is 11.8. The lowest BCUT2D eigenvalue weighted by Crippen LogP contribution is -2.18. The highest BCUT2D eigenvalue weighted by molar-refractivity contribution is 7.89. The molecule has 2 aromatic rings. The molecule has 0 bridgehead atoms. The molecule has 8 heteroatoms. The highest BCUT2D eigenvalue weighted by Crippen LogP contribution is 2.27. The molecule has 29 heavy (non-hydrogen) atoms. The fraction of sp³-hybridized carbons (Fsp3) is 0.238. The molecule has 0 spiro atoms. The summed E-state index contributed by atoms with van der Waals surface area (Å²) in [6.07, 6.45) is 1.34. The molecule has 152 valence electrons. The number of amides is 1. The Morgan fingerprint density at radius 1 is 1.21 bits per heavy atom. The summed E-state index contributed by atoms with van der Waals surface area (Å²) in [4.78, 5) is 12.6. The minimum absolute atomic E-state index is 0.0214. The lowest BCUT2D eigenvalue weighted by molar-refractivity contribution is -0.112. The number of benzene rings is 2. The number of carbonyl (C=O) groups is 1. The van der Waals surface area contributed by atoms with Crippen molar-refractivity contribution < 1.29 is 13.2 Å². The van der Waals surface area contributed by atoms with Crippen LogP contribution in [-0.2, 0) is 21.4 Å². The predicted octanol–water partition coefficient (Wildman–Crippen LogP) is 2.90. The van der Waals surface area contributed by atoms with Gasteiger partial charge in [-0.15, -0.1) is 0 Å². The van der Waals surface area contributed by atoms with Crippen LogP contribution in [0.5, 0.6) is 0 Å². The van der Waals surface area contributed by atoms with Gasteiger partial charge in [0.05, 0.1) is 4.90 Å². The van der Waals surface area contributed by atoms with Crippen LogP contribution in [0.3, 0.4) is 0 Å². The summed E-state index contributed by atoms with van der Waals surface area (Å²) in [5, 5.41) is 20.2. The Kier molecular flexibility index (Phi) is 7.15. The number of primary sulfonamides is 1. The molecule has 2 aromatic carbocycles. The maximum absolute atomic E-state index is 12.5. The van der Waals surface area contributed by atoms with Crippen molar-refractivity contribution in [3.05, 3.63) is 70.9 Å². The zero-order chi connectivity index (χ0) is 21.6. The quantitative estimate of drug-likeness (QED) is 0.476. The molecule has 0 aliphatic rings. The molecule has 0 saturated heterocycles. The van der Waals surface area contributed by atoms with Gasteiger partial charge in [-0.1, -0.05) is 44.2 Å². The molecule has 0 radical (unpaired) electrons. The number of hydrogen-bond acceptors (Lipinski definition) is 5. The summed E-state index contributed by atoms with van der Waals surface area (Å²) < 4.78 is 22.5. The summed E-state index contributed by atoms with van der Waals surface area (Å²) in [7, 11) is -3.74. The van der Waals surface area contributed by atoms with Gasteiger partial charge < -0.3 is 10.6 Å². The molecule has 1 amide bonds. The van der Waals surface area contributed by atoms with Crippen molar-refractivity contribution in [2.45, 2.75) is 38.1 Å². The van der Waals surface area contributed by atoms with E-state index in [4.69, 9.17) is 5.14 Å². The molecule has 0 aliphatic heterocycles. The number of aryl methyl sites for hydroxylation is 1. The van der Waals surface area contributed by atoms with E-state index in [0.29, 0.717) is 12.2 Å². The van der Waals surface area contributed by atoms with E-state index < -0.39 is 15.9 Å². The number of rotatable bonds is 7. The number of nitrogens with two attached hydrogens (primary N) is 1. The van der Waals surface area contributed by atoms with Crippen LogP contribution in [0.15, 0.2) is 59.1 Å². The number of hydrogen-bond donors (Lipinski definition) is 3. The van der Waals surface area contributed by atoms with E-state index in [9.17, 15) is 18.5 Å². The third-order valence-corrected chi connectivity index (χ3v) is 5.26. The molecule has 0 fully saturated rings. The molecule has 0 heterocycles. The smallest absolute Gasteiger partial charge is 0.267 e. The van der Waals surface area contributed by atoms with Crippen LogP contribution in [0.4, 0.5) is 5.69 Å². The van der Waals surface area contributed by atoms with Gasteiger partial charge in [-0.05, 0) is 41.7 Å². The standard InChI is InChI=1S/C21H24N4O3S/c1-14(2)19-6-4-5-15(3)20(19)25-21(26)17(11-22)13-24-12-16-7-9-18(10-8-16)29(23,27)28/h4-10,13-14,24H,12H2,1-3H3,(H,25,26)(H2,23,27,28)/b17-13-. The average molecular weight is 413 g/mol. The first-order valence-electron chi connectivity index (χ1n) is 8.99. The van der Waals surface area contributed by atoms with Crippen LogP contribution in [-0.4, -0.2) is 14.3 Å². The molecular formula is C21H24N4O3S. The summed E-state index contributed by atoms with van der Waals surface area (Å²) in [6.45, 7) is 6.29. The van der Waals surface area contributed by atoms with Crippen molar-refractivity contribution in [3.63, 3.8) is 0 Å². The van der Waals surface area contributed by atoms with E-state index in [1.165, 1.54) is 18.3 Å². The van der Waals surface area contributed by atoms with Crippen molar-refractivity contribution >= 4 is 21.6 Å². The number of sulfonamides is 1. The van der Waals surface area contributed by atoms with Crippen LogP contribution in [0, 0.1) is 18.3 Å². The van der Waals surface area contributed by atoms with Gasteiger partial charge >= 0.3 is 0 Å². The predicted molar refractivity (Wildman–Crippen MR) is 112 cm³/mol. The van der Waals surface area contributed by atoms with Gasteiger partial charge in [0.1, 0.15) is 11.6 Å². The Hall–Kier alpha value is -3.15. The molecule has 0 atom stereocenters. The number of nitrogens with zero attached hydrogens (tertiary/aromatic N) is 1. The first-order chi connectivity index (χ1) is 13.6. The molecule has 0 saturated carbocycles. The van der Waals surface area contributed by atoms with Gasteiger partial charge in [0.2, 0.25) is 10.0 Å².